The molecule has 3 heteroatoms. The number of carbonyl (C=O) groups is 2. The fourth-order valence-electron chi connectivity index (χ4n) is 1.14. The second kappa shape index (κ2) is 10.9. The molecule has 0 atom stereocenters. The fraction of sp³-hybridized carbons (Fsp3) is 0.818. The van der Waals surface area contributed by atoms with Crippen molar-refractivity contribution in [2.75, 3.05) is 0 Å². The van der Waals surface area contributed by atoms with Crippen LogP contribution in [0.15, 0.2) is 0 Å². The molecular formula is C11H20MnO2. The molecule has 0 bridgehead atoms. The average Bonchev–Trinajstić information content (AvgIpc) is 2.11. The van der Waals surface area contributed by atoms with Crippen LogP contribution in [0.2, 0.25) is 0 Å². The van der Waals surface area contributed by atoms with Crippen molar-refractivity contribution in [2.24, 2.45) is 0 Å². The van der Waals surface area contributed by atoms with Gasteiger partial charge in [-0.2, -0.15) is 0 Å². The van der Waals surface area contributed by atoms with Gasteiger partial charge in [-0.1, -0.05) is 26.7 Å². The van der Waals surface area contributed by atoms with Crippen LogP contribution in [0, 0.1) is 0 Å². The molecule has 0 N–H and O–H groups in total. The van der Waals surface area contributed by atoms with Crippen LogP contribution in [-0.4, -0.2) is 11.6 Å². The molecule has 0 aromatic rings. The molecule has 0 heterocycles. The van der Waals surface area contributed by atoms with Gasteiger partial charge in [0.2, 0.25) is 0 Å². The van der Waals surface area contributed by atoms with E-state index in [0.717, 1.165) is 25.7 Å². The summed E-state index contributed by atoms with van der Waals surface area (Å²) in [6, 6.07) is 0. The van der Waals surface area contributed by atoms with Gasteiger partial charge in [0, 0.05) is 29.9 Å². The summed E-state index contributed by atoms with van der Waals surface area (Å²) >= 11 is 0. The summed E-state index contributed by atoms with van der Waals surface area (Å²) in [6.45, 7) is 4.10. The Hall–Kier alpha value is -0.141. The molecule has 0 amide bonds. The Morgan fingerprint density at radius 3 is 1.50 bits per heavy atom. The van der Waals surface area contributed by atoms with Gasteiger partial charge in [-0.05, 0) is 12.8 Å². The molecule has 83 valence electrons. The summed E-state index contributed by atoms with van der Waals surface area (Å²) in [6.07, 6.45) is 5.20. The van der Waals surface area contributed by atoms with Gasteiger partial charge in [-0.15, -0.1) is 0 Å². The van der Waals surface area contributed by atoms with Crippen molar-refractivity contribution in [2.45, 2.75) is 58.8 Å². The third kappa shape index (κ3) is 9.94. The van der Waals surface area contributed by atoms with Crippen LogP contribution in [-0.2, 0) is 26.7 Å². The average molecular weight is 239 g/mol. The van der Waals surface area contributed by atoms with Crippen LogP contribution in [0.1, 0.15) is 58.8 Å². The summed E-state index contributed by atoms with van der Waals surface area (Å²) < 4.78 is 0. The second-order valence-electron chi connectivity index (χ2n) is 3.46. The van der Waals surface area contributed by atoms with Crippen molar-refractivity contribution in [3.8, 4) is 0 Å². The van der Waals surface area contributed by atoms with Gasteiger partial charge in [-0.25, -0.2) is 0 Å². The third-order valence-electron chi connectivity index (χ3n) is 2.01. The topological polar surface area (TPSA) is 34.1 Å². The molecule has 0 saturated carbocycles. The van der Waals surface area contributed by atoms with E-state index in [2.05, 4.69) is 0 Å². The van der Waals surface area contributed by atoms with Crippen LogP contribution in [0.25, 0.3) is 0 Å². The monoisotopic (exact) mass is 239 g/mol. The van der Waals surface area contributed by atoms with Crippen molar-refractivity contribution < 1.29 is 26.7 Å². The maximum atomic E-state index is 11.2. The molecule has 0 unspecified atom stereocenters. The van der Waals surface area contributed by atoms with Gasteiger partial charge in [0.25, 0.3) is 0 Å². The number of rotatable bonds is 8. The largest absolute Gasteiger partial charge is 0.299 e. The Labute approximate surface area is 97.3 Å². The first-order valence-corrected chi connectivity index (χ1v) is 5.24. The van der Waals surface area contributed by atoms with Crippen LogP contribution in [0.3, 0.4) is 0 Å². The zero-order valence-corrected chi connectivity index (χ0v) is 10.3. The number of Topliss-reactive ketones (excluding diaryl/α,β-unsaturated/α-hetero) is 2. The van der Waals surface area contributed by atoms with Gasteiger partial charge in [0.15, 0.2) is 0 Å². The van der Waals surface area contributed by atoms with Crippen molar-refractivity contribution in [3.63, 3.8) is 0 Å². The summed E-state index contributed by atoms with van der Waals surface area (Å²) in [5.74, 6) is 0.228. The first kappa shape index (κ1) is 16.3. The third-order valence-corrected chi connectivity index (χ3v) is 2.01. The van der Waals surface area contributed by atoms with E-state index in [4.69, 9.17) is 0 Å². The van der Waals surface area contributed by atoms with E-state index in [1.165, 1.54) is 0 Å². The molecule has 0 saturated heterocycles. The Morgan fingerprint density at radius 2 is 1.21 bits per heavy atom. The van der Waals surface area contributed by atoms with Crippen LogP contribution in [0.4, 0.5) is 0 Å². The molecule has 14 heavy (non-hydrogen) atoms. The van der Waals surface area contributed by atoms with Crippen LogP contribution >= 0.6 is 0 Å². The van der Waals surface area contributed by atoms with E-state index in [-0.39, 0.29) is 35.1 Å². The van der Waals surface area contributed by atoms with Crippen LogP contribution < -0.4 is 0 Å². The van der Waals surface area contributed by atoms with E-state index < -0.39 is 0 Å². The molecule has 2 nitrogen and oxygen atoms in total. The maximum Gasteiger partial charge on any atom is 0.140 e. The number of hydrogen-bond acceptors (Lipinski definition) is 2. The molecule has 0 aromatic carbocycles. The molecule has 0 spiro atoms. The molecule has 0 rings (SSSR count). The van der Waals surface area contributed by atoms with Crippen molar-refractivity contribution in [1.82, 2.24) is 0 Å². The zero-order valence-electron chi connectivity index (χ0n) is 9.14. The number of carbonyl (C=O) groups excluding carboxylic acids is 2. The predicted octanol–water partition coefficient (Wildman–Crippen LogP) is 2.89. The molecule has 0 aliphatic rings. The minimum absolute atomic E-state index is 0. The Bertz CT molecular complexity index is 149. The molecule has 1 radical (unpaired) electrons. The smallest absolute Gasteiger partial charge is 0.140 e. The first-order chi connectivity index (χ1) is 6.20. The summed E-state index contributed by atoms with van der Waals surface area (Å²) in [5, 5.41) is 0. The number of ketones is 2. The van der Waals surface area contributed by atoms with Crippen molar-refractivity contribution in [3.05, 3.63) is 0 Å². The van der Waals surface area contributed by atoms with E-state index in [0.29, 0.717) is 12.8 Å². The van der Waals surface area contributed by atoms with E-state index in [9.17, 15) is 9.59 Å². The quantitative estimate of drug-likeness (QED) is 0.482. The van der Waals surface area contributed by atoms with Gasteiger partial charge >= 0.3 is 0 Å². The normalized spacial score (nSPS) is 9.29. The van der Waals surface area contributed by atoms with E-state index >= 15 is 0 Å². The van der Waals surface area contributed by atoms with Gasteiger partial charge in [0.05, 0.1) is 6.42 Å². The van der Waals surface area contributed by atoms with E-state index in [1.54, 1.807) is 0 Å². The standard InChI is InChI=1S/C11H20O2.Mn/c1-3-5-7-10(12)9-11(13)8-6-4-2;/h3-9H2,1-2H3;. The van der Waals surface area contributed by atoms with Crippen LogP contribution in [0.5, 0.6) is 0 Å². The summed E-state index contributed by atoms with van der Waals surface area (Å²) in [5.41, 5.74) is 0. The fourth-order valence-corrected chi connectivity index (χ4v) is 1.14. The molecule has 0 aliphatic carbocycles. The first-order valence-electron chi connectivity index (χ1n) is 5.24. The Balaban J connectivity index is 0. The van der Waals surface area contributed by atoms with Crippen molar-refractivity contribution in [1.29, 1.82) is 0 Å². The SMILES string of the molecule is CCCCC(=O)CC(=O)CCCC.[Mn]. The molecule has 0 aliphatic heterocycles. The number of unbranched alkanes of at least 4 members (excludes halogenated alkanes) is 2. The maximum absolute atomic E-state index is 11.2. The minimum atomic E-state index is 0. The molecule has 0 fully saturated rings. The molecular weight excluding hydrogens is 219 g/mol. The summed E-state index contributed by atoms with van der Waals surface area (Å²) in [7, 11) is 0. The molecule has 0 aromatic heterocycles. The summed E-state index contributed by atoms with van der Waals surface area (Å²) in [4.78, 5) is 22.3. The predicted molar refractivity (Wildman–Crippen MR) is 53.7 cm³/mol. The Morgan fingerprint density at radius 1 is 0.857 bits per heavy atom. The van der Waals surface area contributed by atoms with Gasteiger partial charge < -0.3 is 0 Å². The number of hydrogen-bond donors (Lipinski definition) is 0. The van der Waals surface area contributed by atoms with Gasteiger partial charge in [0.1, 0.15) is 11.6 Å². The second-order valence-corrected chi connectivity index (χ2v) is 3.46. The van der Waals surface area contributed by atoms with E-state index in [1.807, 2.05) is 13.8 Å². The minimum Gasteiger partial charge on any atom is -0.299 e. The Kier molecular flexibility index (Phi) is 12.7. The van der Waals surface area contributed by atoms with Gasteiger partial charge in [-0.3, -0.25) is 9.59 Å². The zero-order chi connectivity index (χ0) is 10.1. The van der Waals surface area contributed by atoms with Crippen molar-refractivity contribution >= 4 is 11.6 Å².